The minimum absolute atomic E-state index is 0.506. The maximum Gasteiger partial charge on any atom is 0.215 e. The first-order valence-electron chi connectivity index (χ1n) is 26.4. The summed E-state index contributed by atoms with van der Waals surface area (Å²) in [6.07, 6.45) is 47.1. The van der Waals surface area contributed by atoms with E-state index in [4.69, 9.17) is 14.1 Å². The largest absolute Gasteiger partial charge is 0.381 e. The first-order chi connectivity index (χ1) is 30.5. The number of unbranched alkanes of at least 4 members (excludes halogenated alkanes) is 25. The van der Waals surface area contributed by atoms with E-state index in [1.54, 1.807) is 7.05 Å². The fourth-order valence-corrected chi connectivity index (χ4v) is 7.83. The Morgan fingerprint density at radius 1 is 0.500 bits per heavy atom. The van der Waals surface area contributed by atoms with Gasteiger partial charge in [0.1, 0.15) is 12.6 Å². The van der Waals surface area contributed by atoms with Gasteiger partial charge in [0.15, 0.2) is 0 Å². The standard InChI is InChI=1S/C22H41N5O3.C18H38O.C12H26O/c1-23-21-22(26-30-25-21)24-15-14-18-27(16-10-6-2-4-8-12-19-28)17-11-7-3-5-9-13-20-29;1-4-6-8-10-12-14-16-18(19-3)17-15-13-11-9-7-5-2;1-4-6-7-8-9-10-11-12(5-2)13-3/h19-20H,2-18H2,1H3,(H,23,25)(H,24,26);18H,4-17H2,1-3H3;12H,4-11H2,1-3H3. The third kappa shape index (κ3) is 44.6. The van der Waals surface area contributed by atoms with Crippen LogP contribution >= 0.6 is 0 Å². The average Bonchev–Trinajstić information content (AvgIpc) is 3.76. The Hall–Kier alpha value is -2.04. The summed E-state index contributed by atoms with van der Waals surface area (Å²) in [5.41, 5.74) is 0. The summed E-state index contributed by atoms with van der Waals surface area (Å²) in [6, 6.07) is 0. The molecule has 10 heteroatoms. The van der Waals surface area contributed by atoms with Crippen molar-refractivity contribution >= 4 is 24.2 Å². The Labute approximate surface area is 384 Å². The summed E-state index contributed by atoms with van der Waals surface area (Å²) in [7, 11) is 5.51. The summed E-state index contributed by atoms with van der Waals surface area (Å²) >= 11 is 0. The van der Waals surface area contributed by atoms with Crippen LogP contribution in [0.5, 0.6) is 0 Å². The summed E-state index contributed by atoms with van der Waals surface area (Å²) in [5.74, 6) is 1.30. The monoisotopic (exact) mass is 880 g/mol. The van der Waals surface area contributed by atoms with Crippen molar-refractivity contribution in [1.29, 1.82) is 0 Å². The zero-order valence-corrected chi connectivity index (χ0v) is 42.3. The molecule has 0 bridgehead atoms. The smallest absolute Gasteiger partial charge is 0.215 e. The van der Waals surface area contributed by atoms with Crippen molar-refractivity contribution in [2.24, 2.45) is 0 Å². The van der Waals surface area contributed by atoms with Crippen LogP contribution in [0.15, 0.2) is 4.63 Å². The number of nitrogens with zero attached hydrogens (tertiary/aromatic N) is 3. The predicted molar refractivity (Wildman–Crippen MR) is 267 cm³/mol. The first kappa shape index (κ1) is 62.0. The summed E-state index contributed by atoms with van der Waals surface area (Å²) < 4.78 is 15.7. The molecule has 0 amide bonds. The molecule has 0 saturated heterocycles. The molecule has 1 aromatic rings. The van der Waals surface area contributed by atoms with Gasteiger partial charge in [0, 0.05) is 40.7 Å². The van der Waals surface area contributed by atoms with Crippen LogP contribution in [0, 0.1) is 0 Å². The molecule has 1 atom stereocenters. The van der Waals surface area contributed by atoms with Gasteiger partial charge in [0.2, 0.25) is 11.6 Å². The van der Waals surface area contributed by atoms with Gasteiger partial charge in [-0.05, 0) is 87.7 Å². The molecule has 10 nitrogen and oxygen atoms in total. The highest BCUT2D eigenvalue weighted by Gasteiger charge is 2.09. The number of rotatable bonds is 46. The highest BCUT2D eigenvalue weighted by molar-refractivity contribution is 5.56. The number of aldehydes is 2. The van der Waals surface area contributed by atoms with E-state index in [1.165, 1.54) is 173 Å². The normalized spacial score (nSPS) is 11.6. The van der Waals surface area contributed by atoms with Crippen LogP contribution in [0.4, 0.5) is 11.6 Å². The molecule has 2 N–H and O–H groups in total. The molecule has 0 saturated carbocycles. The number of hydrogen-bond donors (Lipinski definition) is 2. The van der Waals surface area contributed by atoms with Gasteiger partial charge in [0.25, 0.3) is 0 Å². The second-order valence-electron chi connectivity index (χ2n) is 17.6. The lowest BCUT2D eigenvalue weighted by Crippen LogP contribution is -2.28. The van der Waals surface area contributed by atoms with E-state index in [0.29, 0.717) is 36.7 Å². The molecular weight excluding hydrogens is 775 g/mol. The van der Waals surface area contributed by atoms with E-state index in [-0.39, 0.29) is 0 Å². The van der Waals surface area contributed by atoms with Crippen molar-refractivity contribution in [3.8, 4) is 0 Å². The van der Waals surface area contributed by atoms with Crippen LogP contribution in [0.3, 0.4) is 0 Å². The minimum Gasteiger partial charge on any atom is -0.381 e. The number of ether oxygens (including phenoxy) is 2. The molecule has 62 heavy (non-hydrogen) atoms. The number of hydrogen-bond acceptors (Lipinski definition) is 10. The van der Waals surface area contributed by atoms with Gasteiger partial charge in [0.05, 0.1) is 12.2 Å². The molecule has 0 spiro atoms. The molecule has 0 aliphatic heterocycles. The molecule has 1 rings (SSSR count). The summed E-state index contributed by atoms with van der Waals surface area (Å²) in [6.45, 7) is 13.2. The van der Waals surface area contributed by atoms with Gasteiger partial charge in [-0.25, -0.2) is 4.63 Å². The van der Waals surface area contributed by atoms with E-state index in [2.05, 4.69) is 53.5 Å². The summed E-state index contributed by atoms with van der Waals surface area (Å²) in [5, 5.41) is 13.9. The molecule has 1 unspecified atom stereocenters. The molecule has 1 heterocycles. The number of methoxy groups -OCH3 is 2. The van der Waals surface area contributed by atoms with E-state index < -0.39 is 0 Å². The van der Waals surface area contributed by atoms with Crippen molar-refractivity contribution in [2.75, 3.05) is 58.1 Å². The van der Waals surface area contributed by atoms with Crippen molar-refractivity contribution in [3.63, 3.8) is 0 Å². The number of nitrogens with one attached hydrogen (secondary N) is 2. The van der Waals surface area contributed by atoms with Crippen molar-refractivity contribution in [3.05, 3.63) is 0 Å². The van der Waals surface area contributed by atoms with E-state index in [1.807, 2.05) is 14.2 Å². The zero-order chi connectivity index (χ0) is 45.8. The lowest BCUT2D eigenvalue weighted by molar-refractivity contribution is -0.108. The Bertz CT molecular complexity index is 957. The van der Waals surface area contributed by atoms with Crippen LogP contribution in [0.25, 0.3) is 0 Å². The predicted octanol–water partition coefficient (Wildman–Crippen LogP) is 15.0. The topological polar surface area (TPSA) is 119 Å². The molecule has 1 aromatic heterocycles. The Balaban J connectivity index is 0. The SMILES string of the molecule is CCCCCCCCC(CC)OC.CCCCCCCCC(CCCCCCCC)OC.CNc1nonc1NCCCN(CCCCCCCC=O)CCCCCCCC=O. The van der Waals surface area contributed by atoms with Gasteiger partial charge in [-0.15, -0.1) is 0 Å². The Morgan fingerprint density at radius 2 is 0.871 bits per heavy atom. The molecule has 0 aromatic carbocycles. The molecule has 0 fully saturated rings. The van der Waals surface area contributed by atoms with Crippen LogP contribution in [-0.2, 0) is 19.1 Å². The van der Waals surface area contributed by atoms with Gasteiger partial charge < -0.3 is 34.6 Å². The van der Waals surface area contributed by atoms with Gasteiger partial charge >= 0.3 is 0 Å². The Kier molecular flexibility index (Phi) is 53.3. The van der Waals surface area contributed by atoms with Gasteiger partial charge in [-0.1, -0.05) is 182 Å². The summed E-state index contributed by atoms with van der Waals surface area (Å²) in [4.78, 5) is 23.3. The quantitative estimate of drug-likeness (QED) is 0.0484. The third-order valence-electron chi connectivity index (χ3n) is 12.0. The number of carbonyl (C=O) groups is 2. The van der Waals surface area contributed by atoms with Gasteiger partial charge in [-0.2, -0.15) is 0 Å². The fourth-order valence-electron chi connectivity index (χ4n) is 7.83. The third-order valence-corrected chi connectivity index (χ3v) is 12.0. The van der Waals surface area contributed by atoms with E-state index in [0.717, 1.165) is 77.3 Å². The second kappa shape index (κ2) is 53.3. The van der Waals surface area contributed by atoms with E-state index >= 15 is 0 Å². The average molecular weight is 880 g/mol. The molecular formula is C52H105N5O5. The molecule has 0 radical (unpaired) electrons. The second-order valence-corrected chi connectivity index (χ2v) is 17.6. The highest BCUT2D eigenvalue weighted by Crippen LogP contribution is 2.17. The van der Waals surface area contributed by atoms with Crippen LogP contribution in [-0.4, -0.2) is 87.4 Å². The fraction of sp³-hybridized carbons (Fsp3) is 0.923. The minimum atomic E-state index is 0.506. The maximum absolute atomic E-state index is 10.4. The van der Waals surface area contributed by atoms with Crippen LogP contribution in [0.2, 0.25) is 0 Å². The van der Waals surface area contributed by atoms with Crippen LogP contribution < -0.4 is 10.6 Å². The molecule has 368 valence electrons. The lowest BCUT2D eigenvalue weighted by Gasteiger charge is -2.22. The van der Waals surface area contributed by atoms with Crippen LogP contribution in [0.1, 0.15) is 252 Å². The van der Waals surface area contributed by atoms with E-state index in [9.17, 15) is 9.59 Å². The maximum atomic E-state index is 10.4. The molecule has 0 aliphatic rings. The van der Waals surface area contributed by atoms with Crippen molar-refractivity contribution < 1.29 is 23.7 Å². The lowest BCUT2D eigenvalue weighted by atomic mass is 10.0. The Morgan fingerprint density at radius 3 is 1.27 bits per heavy atom. The van der Waals surface area contributed by atoms with Gasteiger partial charge in [-0.3, -0.25) is 0 Å². The molecule has 0 aliphatic carbocycles. The van der Waals surface area contributed by atoms with Crippen molar-refractivity contribution in [1.82, 2.24) is 15.2 Å². The zero-order valence-electron chi connectivity index (χ0n) is 42.3. The van der Waals surface area contributed by atoms with Crippen molar-refractivity contribution in [2.45, 2.75) is 265 Å². The number of anilines is 2. The first-order valence-corrected chi connectivity index (χ1v) is 26.4. The number of carbonyl (C=O) groups excluding carboxylic acids is 2. The number of aromatic nitrogens is 2. The highest BCUT2D eigenvalue weighted by atomic mass is 16.6.